The summed E-state index contributed by atoms with van der Waals surface area (Å²) < 4.78 is 6.10. The van der Waals surface area contributed by atoms with E-state index in [0.717, 1.165) is 32.3 Å². The molecule has 5 aromatic carbocycles. The predicted octanol–water partition coefficient (Wildman–Crippen LogP) is 7.66. The summed E-state index contributed by atoms with van der Waals surface area (Å²) in [5.74, 6) is 0.280. The van der Waals surface area contributed by atoms with E-state index in [4.69, 9.17) is 4.74 Å². The van der Waals surface area contributed by atoms with Crippen LogP contribution in [0.25, 0.3) is 32.3 Å². The Morgan fingerprint density at radius 1 is 0.645 bits per heavy atom. The number of carbonyl (C=O) groups is 1. The van der Waals surface area contributed by atoms with E-state index >= 15 is 0 Å². The zero-order valence-corrected chi connectivity index (χ0v) is 18.0. The van der Waals surface area contributed by atoms with Gasteiger partial charge >= 0.3 is 5.97 Å². The highest BCUT2D eigenvalue weighted by Gasteiger charge is 2.19. The van der Waals surface area contributed by atoms with E-state index in [1.165, 1.54) is 5.56 Å². The van der Waals surface area contributed by atoms with Crippen molar-refractivity contribution >= 4 is 38.3 Å². The fourth-order valence-electron chi connectivity index (χ4n) is 4.07. The Morgan fingerprint density at radius 2 is 1.29 bits per heavy atom. The van der Waals surface area contributed by atoms with Crippen LogP contribution in [-0.4, -0.2) is 5.97 Å². The molecule has 0 aliphatic rings. The van der Waals surface area contributed by atoms with Crippen molar-refractivity contribution in [2.45, 2.75) is 26.2 Å². The lowest BCUT2D eigenvalue weighted by Gasteiger charge is -2.20. The number of rotatable bonds is 2. The van der Waals surface area contributed by atoms with Gasteiger partial charge in [-0.2, -0.15) is 0 Å². The first-order valence-corrected chi connectivity index (χ1v) is 10.6. The molecule has 2 nitrogen and oxygen atoms in total. The second-order valence-electron chi connectivity index (χ2n) is 9.06. The van der Waals surface area contributed by atoms with Gasteiger partial charge in [0.15, 0.2) is 0 Å². The molecule has 2 heteroatoms. The topological polar surface area (TPSA) is 26.3 Å². The van der Waals surface area contributed by atoms with Gasteiger partial charge in [0.2, 0.25) is 0 Å². The van der Waals surface area contributed by atoms with Crippen LogP contribution < -0.4 is 4.74 Å². The third-order valence-corrected chi connectivity index (χ3v) is 5.86. The van der Waals surface area contributed by atoms with Gasteiger partial charge in [0.1, 0.15) is 5.75 Å². The number of benzene rings is 5. The molecule has 0 fully saturated rings. The van der Waals surface area contributed by atoms with Crippen molar-refractivity contribution in [3.63, 3.8) is 0 Å². The SMILES string of the molecule is CC(C)(C)c1ccc2cc3ccccc3c(OC(=O)c3ccc4ccccc4c3)c2c1. The highest BCUT2D eigenvalue weighted by Crippen LogP contribution is 2.38. The Hall–Kier alpha value is -3.65. The summed E-state index contributed by atoms with van der Waals surface area (Å²) in [5, 5.41) is 6.14. The Morgan fingerprint density at radius 3 is 2.06 bits per heavy atom. The van der Waals surface area contributed by atoms with Gasteiger partial charge in [-0.05, 0) is 56.8 Å². The summed E-state index contributed by atoms with van der Waals surface area (Å²) in [4.78, 5) is 13.2. The molecule has 5 rings (SSSR count). The minimum absolute atomic E-state index is 0.000536. The van der Waals surface area contributed by atoms with E-state index in [-0.39, 0.29) is 11.4 Å². The molecule has 0 saturated carbocycles. The minimum atomic E-state index is -0.343. The zero-order chi connectivity index (χ0) is 21.6. The van der Waals surface area contributed by atoms with Crippen molar-refractivity contribution in [2.75, 3.05) is 0 Å². The monoisotopic (exact) mass is 404 g/mol. The maximum absolute atomic E-state index is 13.2. The molecule has 0 spiro atoms. The van der Waals surface area contributed by atoms with Crippen molar-refractivity contribution < 1.29 is 9.53 Å². The molecular formula is C29H24O2. The molecule has 0 saturated heterocycles. The molecule has 152 valence electrons. The van der Waals surface area contributed by atoms with E-state index in [1.807, 2.05) is 60.7 Å². The normalized spacial score (nSPS) is 11.8. The Kier molecular flexibility index (Phi) is 4.51. The van der Waals surface area contributed by atoms with Crippen LogP contribution in [0, 0.1) is 0 Å². The molecule has 0 aliphatic heterocycles. The smallest absolute Gasteiger partial charge is 0.343 e. The third-order valence-electron chi connectivity index (χ3n) is 5.86. The average Bonchev–Trinajstić information content (AvgIpc) is 2.77. The van der Waals surface area contributed by atoms with Crippen LogP contribution in [-0.2, 0) is 5.41 Å². The second kappa shape index (κ2) is 7.24. The molecule has 0 amide bonds. The molecule has 0 unspecified atom stereocenters. The van der Waals surface area contributed by atoms with E-state index in [9.17, 15) is 4.79 Å². The Labute approximate surface area is 182 Å². The summed E-state index contributed by atoms with van der Waals surface area (Å²) in [6.07, 6.45) is 0. The third kappa shape index (κ3) is 3.55. The largest absolute Gasteiger partial charge is 0.422 e. The lowest BCUT2D eigenvalue weighted by molar-refractivity contribution is 0.0739. The van der Waals surface area contributed by atoms with Crippen LogP contribution in [0.5, 0.6) is 5.75 Å². The molecular weight excluding hydrogens is 380 g/mol. The minimum Gasteiger partial charge on any atom is -0.422 e. The van der Waals surface area contributed by atoms with Gasteiger partial charge in [0.05, 0.1) is 5.56 Å². The lowest BCUT2D eigenvalue weighted by Crippen LogP contribution is -2.12. The van der Waals surface area contributed by atoms with Crippen LogP contribution >= 0.6 is 0 Å². The van der Waals surface area contributed by atoms with Crippen molar-refractivity contribution in [2.24, 2.45) is 0 Å². The summed E-state index contributed by atoms with van der Waals surface area (Å²) in [7, 11) is 0. The zero-order valence-electron chi connectivity index (χ0n) is 18.0. The van der Waals surface area contributed by atoms with Gasteiger partial charge in [-0.15, -0.1) is 0 Å². The Balaban J connectivity index is 1.67. The molecule has 0 aromatic heterocycles. The van der Waals surface area contributed by atoms with Gasteiger partial charge in [-0.3, -0.25) is 0 Å². The molecule has 0 aliphatic carbocycles. The maximum Gasteiger partial charge on any atom is 0.343 e. The first-order chi connectivity index (χ1) is 14.9. The van der Waals surface area contributed by atoms with Crippen molar-refractivity contribution in [1.82, 2.24) is 0 Å². The molecule has 0 bridgehead atoms. The predicted molar refractivity (Wildman–Crippen MR) is 129 cm³/mol. The fourth-order valence-corrected chi connectivity index (χ4v) is 4.07. The summed E-state index contributed by atoms with van der Waals surface area (Å²) >= 11 is 0. The van der Waals surface area contributed by atoms with Crippen molar-refractivity contribution in [3.05, 3.63) is 102 Å². The van der Waals surface area contributed by atoms with Crippen molar-refractivity contribution in [3.8, 4) is 5.75 Å². The van der Waals surface area contributed by atoms with E-state index < -0.39 is 0 Å². The fraction of sp³-hybridized carbons (Fsp3) is 0.138. The lowest BCUT2D eigenvalue weighted by atomic mass is 9.85. The van der Waals surface area contributed by atoms with Crippen LogP contribution in [0.4, 0.5) is 0 Å². The number of ether oxygens (including phenoxy) is 1. The average molecular weight is 405 g/mol. The number of hydrogen-bond donors (Lipinski definition) is 0. The van der Waals surface area contributed by atoms with E-state index in [0.29, 0.717) is 11.3 Å². The first-order valence-electron chi connectivity index (χ1n) is 10.6. The quantitative estimate of drug-likeness (QED) is 0.171. The van der Waals surface area contributed by atoms with Gasteiger partial charge in [-0.1, -0.05) is 87.5 Å². The maximum atomic E-state index is 13.2. The van der Waals surface area contributed by atoms with Crippen LogP contribution in [0.3, 0.4) is 0 Å². The molecule has 0 radical (unpaired) electrons. The van der Waals surface area contributed by atoms with Crippen molar-refractivity contribution in [1.29, 1.82) is 0 Å². The molecule has 5 aromatic rings. The molecule has 0 N–H and O–H groups in total. The van der Waals surface area contributed by atoms with E-state index in [2.05, 4.69) is 51.1 Å². The highest BCUT2D eigenvalue weighted by molar-refractivity contribution is 6.08. The summed E-state index contributed by atoms with van der Waals surface area (Å²) in [6.45, 7) is 6.57. The number of fused-ring (bicyclic) bond motifs is 3. The number of carbonyl (C=O) groups excluding carboxylic acids is 1. The molecule has 0 atom stereocenters. The Bertz CT molecular complexity index is 1450. The number of esters is 1. The van der Waals surface area contributed by atoms with Gasteiger partial charge < -0.3 is 4.74 Å². The number of hydrogen-bond acceptors (Lipinski definition) is 2. The second-order valence-corrected chi connectivity index (χ2v) is 9.06. The summed E-state index contributed by atoms with van der Waals surface area (Å²) in [5.41, 5.74) is 1.75. The molecule has 31 heavy (non-hydrogen) atoms. The van der Waals surface area contributed by atoms with Crippen LogP contribution in [0.1, 0.15) is 36.7 Å². The van der Waals surface area contributed by atoms with Gasteiger partial charge in [0, 0.05) is 10.8 Å². The van der Waals surface area contributed by atoms with Crippen LogP contribution in [0.15, 0.2) is 91.0 Å². The van der Waals surface area contributed by atoms with Gasteiger partial charge in [0.25, 0.3) is 0 Å². The van der Waals surface area contributed by atoms with Gasteiger partial charge in [-0.25, -0.2) is 4.79 Å². The standard InChI is InChI=1S/C29H24O2/c1-29(2,3)24-15-14-22-17-21-10-6-7-11-25(21)27(26(22)18-24)31-28(30)23-13-12-19-8-4-5-9-20(19)16-23/h4-18H,1-3H3. The van der Waals surface area contributed by atoms with Crippen LogP contribution in [0.2, 0.25) is 0 Å². The first kappa shape index (κ1) is 19.3. The summed E-state index contributed by atoms with van der Waals surface area (Å²) in [6, 6.07) is 30.4. The molecule has 0 heterocycles. The van der Waals surface area contributed by atoms with E-state index in [1.54, 1.807) is 0 Å². The highest BCUT2D eigenvalue weighted by atomic mass is 16.5.